The van der Waals surface area contributed by atoms with Crippen LogP contribution in [0.15, 0.2) is 23.1 Å². The first kappa shape index (κ1) is 16.3. The highest BCUT2D eigenvalue weighted by atomic mass is 32.2. The van der Waals surface area contributed by atoms with Crippen LogP contribution in [0.1, 0.15) is 35.2 Å². The van der Waals surface area contributed by atoms with Crippen LogP contribution in [-0.4, -0.2) is 37.0 Å². The lowest BCUT2D eigenvalue weighted by Gasteiger charge is -2.15. The second-order valence-corrected chi connectivity index (χ2v) is 8.09. The fourth-order valence-corrected chi connectivity index (χ4v) is 4.92. The number of carbonyl (C=O) groups is 1. The first-order valence-electron chi connectivity index (χ1n) is 6.72. The molecule has 1 aliphatic carbocycles. The van der Waals surface area contributed by atoms with Gasteiger partial charge in [-0.25, -0.2) is 17.9 Å². The Labute approximate surface area is 129 Å². The molecule has 2 unspecified atom stereocenters. The number of aryl methyl sites for hydroxylation is 1. The molecule has 2 atom stereocenters. The summed E-state index contributed by atoms with van der Waals surface area (Å²) in [5.41, 5.74) is 0.529. The molecule has 1 aliphatic rings. The molecule has 1 fully saturated rings. The molecule has 0 saturated heterocycles. The van der Waals surface area contributed by atoms with Crippen LogP contribution in [0.3, 0.4) is 0 Å². The monoisotopic (exact) mass is 329 g/mol. The smallest absolute Gasteiger partial charge is 0.335 e. The summed E-state index contributed by atoms with van der Waals surface area (Å²) in [7, 11) is -3.68. The van der Waals surface area contributed by atoms with Gasteiger partial charge in [0.05, 0.1) is 10.5 Å². The highest BCUT2D eigenvalue weighted by Crippen LogP contribution is 2.29. The number of rotatable bonds is 5. The number of benzene rings is 1. The van der Waals surface area contributed by atoms with Crippen LogP contribution in [0.5, 0.6) is 0 Å². The van der Waals surface area contributed by atoms with E-state index in [1.165, 1.54) is 18.2 Å². The van der Waals surface area contributed by atoms with Gasteiger partial charge in [-0.1, -0.05) is 6.07 Å². The Balaban J connectivity index is 2.23. The molecule has 0 radical (unpaired) electrons. The Morgan fingerprint density at radius 2 is 2.10 bits per heavy atom. The molecule has 5 nitrogen and oxygen atoms in total. The van der Waals surface area contributed by atoms with Crippen LogP contribution in [0.25, 0.3) is 0 Å². The van der Waals surface area contributed by atoms with Gasteiger partial charge in [-0.2, -0.15) is 11.8 Å². The minimum Gasteiger partial charge on any atom is -0.478 e. The fraction of sp³-hybridized carbons (Fsp3) is 0.500. The van der Waals surface area contributed by atoms with Gasteiger partial charge in [-0.3, -0.25) is 0 Å². The molecule has 2 rings (SSSR count). The zero-order chi connectivity index (χ0) is 15.6. The van der Waals surface area contributed by atoms with Crippen LogP contribution in [0, 0.1) is 6.92 Å². The molecule has 1 aromatic carbocycles. The lowest BCUT2D eigenvalue weighted by atomic mass is 10.1. The van der Waals surface area contributed by atoms with Crippen molar-refractivity contribution >= 4 is 27.8 Å². The molecule has 0 heterocycles. The summed E-state index contributed by atoms with van der Waals surface area (Å²) in [6.07, 6.45) is 4.67. The summed E-state index contributed by atoms with van der Waals surface area (Å²) in [5.74, 6) is -1.13. The normalized spacial score (nSPS) is 22.4. The van der Waals surface area contributed by atoms with Crippen molar-refractivity contribution < 1.29 is 18.3 Å². The van der Waals surface area contributed by atoms with Gasteiger partial charge in [0.25, 0.3) is 0 Å². The maximum Gasteiger partial charge on any atom is 0.335 e. The van der Waals surface area contributed by atoms with E-state index in [-0.39, 0.29) is 16.5 Å². The van der Waals surface area contributed by atoms with Gasteiger partial charge >= 0.3 is 5.97 Å². The molecule has 1 saturated carbocycles. The van der Waals surface area contributed by atoms with E-state index in [0.29, 0.717) is 10.8 Å². The van der Waals surface area contributed by atoms with Crippen LogP contribution in [0.4, 0.5) is 0 Å². The Morgan fingerprint density at radius 3 is 2.67 bits per heavy atom. The average Bonchev–Trinajstić information content (AvgIpc) is 2.85. The maximum atomic E-state index is 12.5. The molecule has 7 heteroatoms. The maximum absolute atomic E-state index is 12.5. The molecular formula is C14H19NO4S2. The highest BCUT2D eigenvalue weighted by molar-refractivity contribution is 7.99. The van der Waals surface area contributed by atoms with Crippen LogP contribution in [0.2, 0.25) is 0 Å². The summed E-state index contributed by atoms with van der Waals surface area (Å²) in [6, 6.07) is 4.09. The molecular weight excluding hydrogens is 310 g/mol. The van der Waals surface area contributed by atoms with E-state index >= 15 is 0 Å². The molecule has 0 aromatic heterocycles. The predicted octanol–water partition coefficient (Wildman–Crippen LogP) is 2.26. The molecule has 0 aliphatic heterocycles. The molecule has 21 heavy (non-hydrogen) atoms. The van der Waals surface area contributed by atoms with Crippen molar-refractivity contribution in [3.63, 3.8) is 0 Å². The van der Waals surface area contributed by atoms with E-state index in [1.807, 2.05) is 6.26 Å². The van der Waals surface area contributed by atoms with Gasteiger partial charge < -0.3 is 5.11 Å². The Morgan fingerprint density at radius 1 is 1.38 bits per heavy atom. The second kappa shape index (κ2) is 6.37. The third-order valence-electron chi connectivity index (χ3n) is 3.76. The molecule has 0 bridgehead atoms. The average molecular weight is 329 g/mol. The minimum absolute atomic E-state index is 0.0191. The van der Waals surface area contributed by atoms with Gasteiger partial charge in [0, 0.05) is 11.3 Å². The van der Waals surface area contributed by atoms with Gasteiger partial charge in [0.2, 0.25) is 10.0 Å². The largest absolute Gasteiger partial charge is 0.478 e. The summed E-state index contributed by atoms with van der Waals surface area (Å²) in [4.78, 5) is 11.1. The molecule has 0 amide bonds. The van der Waals surface area contributed by atoms with Crippen molar-refractivity contribution in [3.05, 3.63) is 29.3 Å². The molecule has 2 N–H and O–H groups in total. The molecule has 116 valence electrons. The fourth-order valence-electron chi connectivity index (χ4n) is 2.57. The van der Waals surface area contributed by atoms with Crippen molar-refractivity contribution in [1.29, 1.82) is 0 Å². The topological polar surface area (TPSA) is 83.5 Å². The number of carboxylic acid groups (broad SMARTS) is 1. The van der Waals surface area contributed by atoms with Gasteiger partial charge in [0.15, 0.2) is 0 Å². The number of carboxylic acids is 1. The van der Waals surface area contributed by atoms with E-state index in [0.717, 1.165) is 19.3 Å². The number of nitrogens with one attached hydrogen (secondary N) is 1. The van der Waals surface area contributed by atoms with E-state index in [4.69, 9.17) is 5.11 Å². The standard InChI is InChI=1S/C14H19NO4S2/c1-9-3-4-10(14(16)17)7-13(9)21(18,19)15-11-5-6-12(8-11)20-2/h3-4,7,11-12,15H,5-6,8H2,1-2H3,(H,16,17). The number of aromatic carboxylic acids is 1. The zero-order valence-corrected chi connectivity index (χ0v) is 13.6. The van der Waals surface area contributed by atoms with Gasteiger partial charge in [-0.05, 0) is 50.1 Å². The van der Waals surface area contributed by atoms with Crippen LogP contribution < -0.4 is 4.72 Å². The zero-order valence-electron chi connectivity index (χ0n) is 12.0. The third-order valence-corrected chi connectivity index (χ3v) is 6.52. The van der Waals surface area contributed by atoms with E-state index in [9.17, 15) is 13.2 Å². The SMILES string of the molecule is CSC1CCC(NS(=O)(=O)c2cc(C(=O)O)ccc2C)C1. The van der Waals surface area contributed by atoms with Crippen LogP contribution >= 0.6 is 11.8 Å². The summed E-state index contributed by atoms with van der Waals surface area (Å²) >= 11 is 1.75. The number of hydrogen-bond donors (Lipinski definition) is 2. The van der Waals surface area contributed by atoms with E-state index in [1.54, 1.807) is 18.7 Å². The van der Waals surface area contributed by atoms with Crippen molar-refractivity contribution in [2.24, 2.45) is 0 Å². The van der Waals surface area contributed by atoms with E-state index < -0.39 is 16.0 Å². The quantitative estimate of drug-likeness (QED) is 0.866. The van der Waals surface area contributed by atoms with Crippen molar-refractivity contribution in [3.8, 4) is 0 Å². The first-order chi connectivity index (χ1) is 9.83. The first-order valence-corrected chi connectivity index (χ1v) is 9.49. The Bertz CT molecular complexity index is 642. The van der Waals surface area contributed by atoms with Crippen molar-refractivity contribution in [1.82, 2.24) is 4.72 Å². The lowest BCUT2D eigenvalue weighted by molar-refractivity contribution is 0.0696. The van der Waals surface area contributed by atoms with Crippen LogP contribution in [-0.2, 0) is 10.0 Å². The molecule has 0 spiro atoms. The Hall–Kier alpha value is -1.05. The summed E-state index contributed by atoms with van der Waals surface area (Å²) < 4.78 is 27.6. The Kier molecular flexibility index (Phi) is 4.95. The summed E-state index contributed by atoms with van der Waals surface area (Å²) in [5, 5.41) is 9.49. The lowest BCUT2D eigenvalue weighted by Crippen LogP contribution is -2.33. The number of hydrogen-bond acceptors (Lipinski definition) is 4. The van der Waals surface area contributed by atoms with Gasteiger partial charge in [-0.15, -0.1) is 0 Å². The molecule has 1 aromatic rings. The predicted molar refractivity (Wildman–Crippen MR) is 83.4 cm³/mol. The number of thioether (sulfide) groups is 1. The number of sulfonamides is 1. The highest BCUT2D eigenvalue weighted by Gasteiger charge is 2.29. The summed E-state index contributed by atoms with van der Waals surface area (Å²) in [6.45, 7) is 1.67. The van der Waals surface area contributed by atoms with Crippen molar-refractivity contribution in [2.45, 2.75) is 42.4 Å². The van der Waals surface area contributed by atoms with Gasteiger partial charge in [0.1, 0.15) is 0 Å². The van der Waals surface area contributed by atoms with Crippen molar-refractivity contribution in [2.75, 3.05) is 6.26 Å². The minimum atomic E-state index is -3.68. The second-order valence-electron chi connectivity index (χ2n) is 5.27. The van der Waals surface area contributed by atoms with E-state index in [2.05, 4.69) is 4.72 Å². The third kappa shape index (κ3) is 3.78.